The molecule has 1 N–H and O–H groups in total. The number of aryl methyl sites for hydroxylation is 1. The van der Waals surface area contributed by atoms with Crippen LogP contribution in [0.25, 0.3) is 0 Å². The van der Waals surface area contributed by atoms with Gasteiger partial charge in [0.25, 0.3) is 0 Å². The first-order valence-electron chi connectivity index (χ1n) is 9.37. The van der Waals surface area contributed by atoms with Gasteiger partial charge in [0, 0.05) is 21.7 Å². The van der Waals surface area contributed by atoms with Gasteiger partial charge in [0.05, 0.1) is 6.42 Å². The third-order valence-corrected chi connectivity index (χ3v) is 6.47. The lowest BCUT2D eigenvalue weighted by Crippen LogP contribution is -2.39. The van der Waals surface area contributed by atoms with Gasteiger partial charge >= 0.3 is 0 Å². The van der Waals surface area contributed by atoms with Gasteiger partial charge in [-0.15, -0.1) is 11.3 Å². The Kier molecular flexibility index (Phi) is 4.90. The van der Waals surface area contributed by atoms with Crippen molar-refractivity contribution < 1.29 is 14.3 Å². The maximum absolute atomic E-state index is 12.4. The molecule has 138 valence electrons. The maximum Gasteiger partial charge on any atom is 0.225 e. The quantitative estimate of drug-likeness (QED) is 0.864. The zero-order chi connectivity index (χ0) is 18.0. The number of hydrogen-bond donors (Lipinski definition) is 1. The predicted octanol–water partition coefficient (Wildman–Crippen LogP) is 4.00. The Labute approximate surface area is 158 Å². The molecule has 1 aliphatic carbocycles. The highest BCUT2D eigenvalue weighted by Gasteiger charge is 2.36. The molecule has 1 saturated carbocycles. The Morgan fingerprint density at radius 3 is 2.62 bits per heavy atom. The van der Waals surface area contributed by atoms with E-state index in [4.69, 9.17) is 9.47 Å². The molecule has 2 heterocycles. The highest BCUT2D eigenvalue weighted by Crippen LogP contribution is 2.43. The third-order valence-electron chi connectivity index (χ3n) is 5.47. The fourth-order valence-corrected chi connectivity index (χ4v) is 4.95. The Hall–Kier alpha value is -2.01. The lowest BCUT2D eigenvalue weighted by atomic mass is 9.78. The van der Waals surface area contributed by atoms with Crippen LogP contribution in [0.5, 0.6) is 11.5 Å². The van der Waals surface area contributed by atoms with Gasteiger partial charge in [-0.05, 0) is 49.6 Å². The van der Waals surface area contributed by atoms with Crippen LogP contribution in [0.1, 0.15) is 41.0 Å². The zero-order valence-electron chi connectivity index (χ0n) is 15.2. The van der Waals surface area contributed by atoms with Crippen molar-refractivity contribution in [1.82, 2.24) is 5.32 Å². The number of carbonyl (C=O) groups excluding carboxylic acids is 1. The van der Waals surface area contributed by atoms with Crippen molar-refractivity contribution in [2.75, 3.05) is 19.8 Å². The molecule has 0 atom stereocenters. The molecule has 2 aliphatic rings. The Morgan fingerprint density at radius 1 is 1.12 bits per heavy atom. The fourth-order valence-electron chi connectivity index (χ4n) is 4.06. The molecule has 5 heteroatoms. The zero-order valence-corrected chi connectivity index (χ0v) is 16.0. The first-order chi connectivity index (χ1) is 12.6. The largest absolute Gasteiger partial charge is 0.486 e. The van der Waals surface area contributed by atoms with Crippen molar-refractivity contribution in [3.05, 3.63) is 45.6 Å². The first-order valence-corrected chi connectivity index (χ1v) is 10.2. The summed E-state index contributed by atoms with van der Waals surface area (Å²) in [7, 11) is 0. The number of nitrogens with one attached hydrogen (secondary N) is 1. The summed E-state index contributed by atoms with van der Waals surface area (Å²) in [6, 6.07) is 10.4. The molecule has 4 rings (SSSR count). The third kappa shape index (κ3) is 3.58. The molecule has 1 aliphatic heterocycles. The van der Waals surface area contributed by atoms with Gasteiger partial charge in [0.2, 0.25) is 5.91 Å². The van der Waals surface area contributed by atoms with Gasteiger partial charge < -0.3 is 14.8 Å². The summed E-state index contributed by atoms with van der Waals surface area (Å²) in [6.07, 6.45) is 5.08. The van der Waals surface area contributed by atoms with E-state index in [1.807, 2.05) is 12.1 Å². The van der Waals surface area contributed by atoms with Crippen molar-refractivity contribution >= 4 is 17.2 Å². The summed E-state index contributed by atoms with van der Waals surface area (Å²) in [5.74, 6) is 1.77. The minimum atomic E-state index is 0.0108. The first kappa shape index (κ1) is 17.4. The smallest absolute Gasteiger partial charge is 0.225 e. The number of rotatable bonds is 5. The fraction of sp³-hybridized carbons (Fsp3) is 0.476. The van der Waals surface area contributed by atoms with E-state index in [1.165, 1.54) is 23.3 Å². The second-order valence-electron chi connectivity index (χ2n) is 7.31. The number of thiophene rings is 1. The molecule has 0 bridgehead atoms. The van der Waals surface area contributed by atoms with Gasteiger partial charge in [0.1, 0.15) is 13.2 Å². The summed E-state index contributed by atoms with van der Waals surface area (Å²) in [5.41, 5.74) is 1.27. The summed E-state index contributed by atoms with van der Waals surface area (Å²) in [6.45, 7) is 3.97. The average Bonchev–Trinajstić information content (AvgIpc) is 3.29. The van der Waals surface area contributed by atoms with Crippen LogP contribution in [0.3, 0.4) is 0 Å². The summed E-state index contributed by atoms with van der Waals surface area (Å²) in [4.78, 5) is 14.8. The molecule has 0 unspecified atom stereocenters. The van der Waals surface area contributed by atoms with Crippen LogP contribution in [0.4, 0.5) is 0 Å². The lowest BCUT2D eigenvalue weighted by Gasteiger charge is -2.31. The van der Waals surface area contributed by atoms with Crippen LogP contribution in [0.2, 0.25) is 0 Å². The lowest BCUT2D eigenvalue weighted by molar-refractivity contribution is -0.120. The predicted molar refractivity (Wildman–Crippen MR) is 103 cm³/mol. The van der Waals surface area contributed by atoms with E-state index in [2.05, 4.69) is 30.4 Å². The van der Waals surface area contributed by atoms with Gasteiger partial charge in [0.15, 0.2) is 11.5 Å². The second-order valence-corrected chi connectivity index (χ2v) is 8.68. The van der Waals surface area contributed by atoms with Crippen LogP contribution >= 0.6 is 11.3 Å². The summed E-state index contributed by atoms with van der Waals surface area (Å²) >= 11 is 1.69. The number of benzene rings is 1. The number of fused-ring (bicyclic) bond motifs is 1. The highest BCUT2D eigenvalue weighted by atomic mass is 32.1. The maximum atomic E-state index is 12.4. The molecule has 0 saturated heterocycles. The molecule has 0 spiro atoms. The molecular weight excluding hydrogens is 346 g/mol. The molecule has 1 amide bonds. The normalized spacial score (nSPS) is 17.9. The topological polar surface area (TPSA) is 47.6 Å². The summed E-state index contributed by atoms with van der Waals surface area (Å²) in [5, 5.41) is 3.20. The second kappa shape index (κ2) is 7.31. The molecule has 0 radical (unpaired) electrons. The van der Waals surface area contributed by atoms with Crippen molar-refractivity contribution in [2.24, 2.45) is 0 Å². The highest BCUT2D eigenvalue weighted by molar-refractivity contribution is 7.12. The van der Waals surface area contributed by atoms with Crippen LogP contribution in [-0.2, 0) is 16.6 Å². The molecule has 1 aromatic heterocycles. The molecule has 1 aromatic carbocycles. The number of hydrogen-bond acceptors (Lipinski definition) is 4. The van der Waals surface area contributed by atoms with Gasteiger partial charge in [-0.25, -0.2) is 0 Å². The monoisotopic (exact) mass is 371 g/mol. The Morgan fingerprint density at radius 2 is 1.88 bits per heavy atom. The number of carbonyl (C=O) groups is 1. The van der Waals surface area contributed by atoms with E-state index in [0.717, 1.165) is 29.2 Å². The van der Waals surface area contributed by atoms with Crippen LogP contribution < -0.4 is 14.8 Å². The number of ether oxygens (including phenoxy) is 2. The van der Waals surface area contributed by atoms with E-state index in [1.54, 1.807) is 11.3 Å². The van der Waals surface area contributed by atoms with E-state index in [-0.39, 0.29) is 11.3 Å². The van der Waals surface area contributed by atoms with Crippen LogP contribution in [0, 0.1) is 6.92 Å². The van der Waals surface area contributed by atoms with Crippen molar-refractivity contribution in [3.8, 4) is 11.5 Å². The minimum Gasteiger partial charge on any atom is -0.486 e. The van der Waals surface area contributed by atoms with E-state index in [9.17, 15) is 4.79 Å². The van der Waals surface area contributed by atoms with E-state index < -0.39 is 0 Å². The average molecular weight is 372 g/mol. The Balaban J connectivity index is 1.47. The SMILES string of the molecule is Cc1ccc(CC(=O)NCC2(c3ccc4c(c3)OCCO4)CCCC2)s1. The Bertz CT molecular complexity index is 792. The standard InChI is InChI=1S/C21H25NO3S/c1-15-4-6-17(26-15)13-20(23)22-14-21(8-2-3-9-21)16-5-7-18-19(12-16)25-11-10-24-18/h4-7,12H,2-3,8-11,13-14H2,1H3,(H,22,23). The van der Waals surface area contributed by atoms with Gasteiger partial charge in [-0.2, -0.15) is 0 Å². The van der Waals surface area contributed by atoms with Crippen molar-refractivity contribution in [2.45, 2.75) is 44.4 Å². The molecular formula is C21H25NO3S. The summed E-state index contributed by atoms with van der Waals surface area (Å²) < 4.78 is 11.4. The van der Waals surface area contributed by atoms with Gasteiger partial charge in [-0.1, -0.05) is 18.9 Å². The molecule has 2 aromatic rings. The van der Waals surface area contributed by atoms with Crippen LogP contribution in [-0.4, -0.2) is 25.7 Å². The van der Waals surface area contributed by atoms with Crippen molar-refractivity contribution in [1.29, 1.82) is 0 Å². The van der Waals surface area contributed by atoms with E-state index >= 15 is 0 Å². The molecule has 1 fully saturated rings. The molecule has 4 nitrogen and oxygen atoms in total. The molecule has 26 heavy (non-hydrogen) atoms. The number of amides is 1. The minimum absolute atomic E-state index is 0.0108. The van der Waals surface area contributed by atoms with Crippen molar-refractivity contribution in [3.63, 3.8) is 0 Å². The van der Waals surface area contributed by atoms with Crippen LogP contribution in [0.15, 0.2) is 30.3 Å². The van der Waals surface area contributed by atoms with Gasteiger partial charge in [-0.3, -0.25) is 4.79 Å². The van der Waals surface area contributed by atoms with E-state index in [0.29, 0.717) is 26.2 Å².